The minimum atomic E-state index is -0.433. The van der Waals surface area contributed by atoms with Gasteiger partial charge in [0.25, 0.3) is 0 Å². The number of aromatic nitrogens is 1. The number of methoxy groups -OCH3 is 1. The number of amides is 1. The molecule has 1 aliphatic carbocycles. The summed E-state index contributed by atoms with van der Waals surface area (Å²) in [5, 5.41) is 3.14. The number of hydrogen-bond acceptors (Lipinski definition) is 5. The minimum absolute atomic E-state index is 0.0155. The van der Waals surface area contributed by atoms with Gasteiger partial charge in [-0.3, -0.25) is 4.79 Å². The number of nitrogens with one attached hydrogen (secondary N) is 1. The fourth-order valence-electron chi connectivity index (χ4n) is 1.41. The second-order valence-electron chi connectivity index (χ2n) is 3.83. The van der Waals surface area contributed by atoms with Crippen LogP contribution in [0.3, 0.4) is 0 Å². The molecule has 0 spiro atoms. The summed E-state index contributed by atoms with van der Waals surface area (Å²) in [5.41, 5.74) is 0. The second kappa shape index (κ2) is 4.21. The highest BCUT2D eigenvalue weighted by Gasteiger charge is 2.39. The number of hydrogen-bond donors (Lipinski definition) is 1. The van der Waals surface area contributed by atoms with Gasteiger partial charge in [-0.1, -0.05) is 18.3 Å². The van der Waals surface area contributed by atoms with Gasteiger partial charge in [0.2, 0.25) is 5.91 Å². The third kappa shape index (κ3) is 2.21. The Bertz CT molecular complexity index is 429. The molecule has 1 N–H and O–H groups in total. The van der Waals surface area contributed by atoms with Crippen molar-refractivity contribution in [1.29, 1.82) is 0 Å². The molecule has 1 aromatic heterocycles. The van der Waals surface area contributed by atoms with Crippen LogP contribution in [-0.4, -0.2) is 24.0 Å². The number of ether oxygens (including phenoxy) is 1. The summed E-state index contributed by atoms with van der Waals surface area (Å²) in [5.74, 6) is 0.113. The molecule has 0 aromatic carbocycles. The second-order valence-corrected chi connectivity index (χ2v) is 4.86. The summed E-state index contributed by atoms with van der Waals surface area (Å²) in [7, 11) is 1.31. The molecule has 1 aliphatic rings. The van der Waals surface area contributed by atoms with Crippen molar-refractivity contribution in [3.8, 4) is 0 Å². The van der Waals surface area contributed by atoms with Crippen molar-refractivity contribution in [1.82, 2.24) is 4.98 Å². The molecule has 0 radical (unpaired) electrons. The van der Waals surface area contributed by atoms with E-state index in [9.17, 15) is 9.59 Å². The van der Waals surface area contributed by atoms with Gasteiger partial charge < -0.3 is 10.1 Å². The van der Waals surface area contributed by atoms with E-state index in [2.05, 4.69) is 15.0 Å². The summed E-state index contributed by atoms with van der Waals surface area (Å²) < 4.78 is 4.55. The Hall–Kier alpha value is -1.43. The normalized spacial score (nSPS) is 22.6. The zero-order chi connectivity index (χ0) is 11.7. The number of carbonyl (C=O) groups is 2. The van der Waals surface area contributed by atoms with E-state index in [0.717, 1.165) is 17.8 Å². The first-order chi connectivity index (χ1) is 7.61. The molecule has 16 heavy (non-hydrogen) atoms. The Morgan fingerprint density at radius 1 is 1.62 bits per heavy atom. The lowest BCUT2D eigenvalue weighted by Gasteiger charge is -1.98. The lowest BCUT2D eigenvalue weighted by molar-refractivity contribution is -0.117. The Morgan fingerprint density at radius 3 is 2.88 bits per heavy atom. The van der Waals surface area contributed by atoms with Crippen molar-refractivity contribution in [2.24, 2.45) is 11.8 Å². The number of thiazole rings is 1. The van der Waals surface area contributed by atoms with Crippen molar-refractivity contribution >= 4 is 28.3 Å². The summed E-state index contributed by atoms with van der Waals surface area (Å²) >= 11 is 1.12. The molecule has 0 aliphatic heterocycles. The number of esters is 1. The molecule has 0 bridgehead atoms. The van der Waals surface area contributed by atoms with Crippen molar-refractivity contribution < 1.29 is 14.3 Å². The summed E-state index contributed by atoms with van der Waals surface area (Å²) in [6, 6.07) is 0. The van der Waals surface area contributed by atoms with Crippen molar-refractivity contribution in [3.63, 3.8) is 0 Å². The van der Waals surface area contributed by atoms with Gasteiger partial charge in [0.1, 0.15) is 4.88 Å². The fraction of sp³-hybridized carbons (Fsp3) is 0.500. The van der Waals surface area contributed by atoms with E-state index < -0.39 is 5.97 Å². The van der Waals surface area contributed by atoms with Gasteiger partial charge in [-0.05, 0) is 12.3 Å². The maximum atomic E-state index is 11.6. The standard InChI is InChI=1S/C10H12N2O3S/c1-5-3-6(5)8(13)12-10-11-4-7(16-10)9(14)15-2/h4-6H,3H2,1-2H3,(H,11,12,13)/t5-,6+/m1/s1. The molecule has 2 atom stereocenters. The first kappa shape index (κ1) is 11.1. The van der Waals surface area contributed by atoms with E-state index in [0.29, 0.717) is 15.9 Å². The molecule has 1 aromatic rings. The fourth-order valence-corrected chi connectivity index (χ4v) is 2.15. The first-order valence-electron chi connectivity index (χ1n) is 4.97. The average Bonchev–Trinajstić information content (AvgIpc) is 2.82. The van der Waals surface area contributed by atoms with Crippen molar-refractivity contribution in [2.75, 3.05) is 12.4 Å². The zero-order valence-electron chi connectivity index (χ0n) is 9.02. The van der Waals surface area contributed by atoms with Crippen LogP contribution in [0.5, 0.6) is 0 Å². The lowest BCUT2D eigenvalue weighted by atomic mass is 10.3. The quantitative estimate of drug-likeness (QED) is 0.813. The van der Waals surface area contributed by atoms with Crippen LogP contribution in [0, 0.1) is 11.8 Å². The van der Waals surface area contributed by atoms with E-state index in [1.807, 2.05) is 6.92 Å². The van der Waals surface area contributed by atoms with Gasteiger partial charge in [0.05, 0.1) is 13.3 Å². The maximum absolute atomic E-state index is 11.6. The summed E-state index contributed by atoms with van der Waals surface area (Å²) in [4.78, 5) is 27.1. The number of anilines is 1. The van der Waals surface area contributed by atoms with Crippen LogP contribution in [-0.2, 0) is 9.53 Å². The van der Waals surface area contributed by atoms with Crippen LogP contribution >= 0.6 is 11.3 Å². The predicted molar refractivity (Wildman–Crippen MR) is 59.4 cm³/mol. The third-order valence-electron chi connectivity index (χ3n) is 2.57. The molecule has 6 heteroatoms. The highest BCUT2D eigenvalue weighted by atomic mass is 32.1. The van der Waals surface area contributed by atoms with E-state index in [-0.39, 0.29) is 11.8 Å². The van der Waals surface area contributed by atoms with Gasteiger partial charge in [0, 0.05) is 5.92 Å². The maximum Gasteiger partial charge on any atom is 0.349 e. The van der Waals surface area contributed by atoms with E-state index >= 15 is 0 Å². The average molecular weight is 240 g/mol. The highest BCUT2D eigenvalue weighted by molar-refractivity contribution is 7.17. The van der Waals surface area contributed by atoms with Crippen molar-refractivity contribution in [3.05, 3.63) is 11.1 Å². The van der Waals surface area contributed by atoms with Crippen LogP contribution in [0.25, 0.3) is 0 Å². The van der Waals surface area contributed by atoms with Crippen LogP contribution in [0.4, 0.5) is 5.13 Å². The molecular formula is C10H12N2O3S. The Kier molecular flexibility index (Phi) is 2.91. The third-order valence-corrected chi connectivity index (χ3v) is 3.46. The number of rotatable bonds is 3. The van der Waals surface area contributed by atoms with E-state index in [1.54, 1.807) is 0 Å². The smallest absolute Gasteiger partial charge is 0.349 e. The Morgan fingerprint density at radius 2 is 2.31 bits per heavy atom. The molecule has 5 nitrogen and oxygen atoms in total. The molecule has 0 unspecified atom stereocenters. The van der Waals surface area contributed by atoms with Crippen molar-refractivity contribution in [2.45, 2.75) is 13.3 Å². The van der Waals surface area contributed by atoms with Crippen LogP contribution in [0.15, 0.2) is 6.20 Å². The highest BCUT2D eigenvalue weighted by Crippen LogP contribution is 2.38. The van der Waals surface area contributed by atoms with E-state index in [4.69, 9.17) is 0 Å². The number of carbonyl (C=O) groups excluding carboxylic acids is 2. The van der Waals surface area contributed by atoms with Gasteiger partial charge in [-0.2, -0.15) is 0 Å². The zero-order valence-corrected chi connectivity index (χ0v) is 9.84. The molecule has 86 valence electrons. The Balaban J connectivity index is 1.97. The molecule has 1 heterocycles. The molecule has 1 saturated carbocycles. The van der Waals surface area contributed by atoms with Gasteiger partial charge in [0.15, 0.2) is 5.13 Å². The first-order valence-corrected chi connectivity index (χ1v) is 5.78. The Labute approximate surface area is 96.8 Å². The molecule has 1 fully saturated rings. The van der Waals surface area contributed by atoms with Gasteiger partial charge in [-0.25, -0.2) is 9.78 Å². The molecule has 2 rings (SSSR count). The minimum Gasteiger partial charge on any atom is -0.465 e. The SMILES string of the molecule is COC(=O)c1cnc(NC(=O)[C@H]2C[C@H]2C)s1. The molecular weight excluding hydrogens is 228 g/mol. The largest absolute Gasteiger partial charge is 0.465 e. The van der Waals surface area contributed by atoms with Gasteiger partial charge in [-0.15, -0.1) is 0 Å². The van der Waals surface area contributed by atoms with Crippen LogP contribution < -0.4 is 5.32 Å². The van der Waals surface area contributed by atoms with Crippen LogP contribution in [0.1, 0.15) is 23.0 Å². The lowest BCUT2D eigenvalue weighted by Crippen LogP contribution is -2.14. The van der Waals surface area contributed by atoms with Crippen LogP contribution in [0.2, 0.25) is 0 Å². The summed E-state index contributed by atoms with van der Waals surface area (Å²) in [6.45, 7) is 2.03. The topological polar surface area (TPSA) is 68.3 Å². The number of nitrogens with zero attached hydrogens (tertiary/aromatic N) is 1. The molecule has 0 saturated heterocycles. The van der Waals surface area contributed by atoms with Gasteiger partial charge >= 0.3 is 5.97 Å². The predicted octanol–water partition coefficient (Wildman–Crippen LogP) is 1.52. The molecule has 1 amide bonds. The monoisotopic (exact) mass is 240 g/mol. The van der Waals surface area contributed by atoms with E-state index in [1.165, 1.54) is 13.3 Å². The summed E-state index contributed by atoms with van der Waals surface area (Å²) in [6.07, 6.45) is 2.34.